The second-order valence-corrected chi connectivity index (χ2v) is 11.1. The molecule has 1 aromatic carbocycles. The fourth-order valence-electron chi connectivity index (χ4n) is 6.38. The van der Waals surface area contributed by atoms with Crippen molar-refractivity contribution < 1.29 is 23.4 Å². The Bertz CT molecular complexity index is 1220. The van der Waals surface area contributed by atoms with Gasteiger partial charge < -0.3 is 24.4 Å². The van der Waals surface area contributed by atoms with E-state index in [1.807, 2.05) is 44.1 Å². The molecular weight excluding hydrogens is 519 g/mol. The van der Waals surface area contributed by atoms with Gasteiger partial charge in [-0.3, -0.25) is 4.79 Å². The molecule has 5 atom stereocenters. The van der Waals surface area contributed by atoms with Crippen LogP contribution in [0.1, 0.15) is 67.9 Å². The van der Waals surface area contributed by atoms with E-state index in [0.717, 1.165) is 23.1 Å². The van der Waals surface area contributed by atoms with Crippen LogP contribution in [0.2, 0.25) is 0 Å². The van der Waals surface area contributed by atoms with Crippen LogP contribution in [0.25, 0.3) is 5.57 Å². The smallest absolute Gasteiger partial charge is 0.255 e. The van der Waals surface area contributed by atoms with Crippen molar-refractivity contribution >= 4 is 11.5 Å². The second kappa shape index (κ2) is 13.6. The zero-order valence-electron chi connectivity index (χ0n) is 25.0. The standard InChI is InChI=1S/C34H45FN2O4/c1-7-16-34(22-35,39-6)32(17-23(4)41-9-3)36-24(5)31(8-2)37-19-26-15-14-25(18-29(26)33(37)38)30-21-40-20-27-12-10-11-13-28(27)30/h10-15,18,21,27-28,31-32,36H,4-5,7-9,16-17,19-20,22H2,1-3,6H3. The summed E-state index contributed by atoms with van der Waals surface area (Å²) in [4.78, 5) is 15.7. The number of nitrogens with one attached hydrogen (secondary N) is 1. The third-order valence-electron chi connectivity index (χ3n) is 8.63. The highest BCUT2D eigenvalue weighted by Gasteiger charge is 2.41. The summed E-state index contributed by atoms with van der Waals surface area (Å²) in [5, 5.41) is 3.47. The lowest BCUT2D eigenvalue weighted by atomic mass is 9.79. The molecule has 6 nitrogen and oxygen atoms in total. The van der Waals surface area contributed by atoms with Crippen molar-refractivity contribution in [2.75, 3.05) is 27.0 Å². The Labute approximate surface area is 244 Å². The number of hydrogen-bond acceptors (Lipinski definition) is 5. The number of hydrogen-bond donors (Lipinski definition) is 1. The zero-order valence-corrected chi connectivity index (χ0v) is 25.0. The zero-order chi connectivity index (χ0) is 29.6. The number of nitrogens with zero attached hydrogens (tertiary/aromatic N) is 1. The highest BCUT2D eigenvalue weighted by molar-refractivity contribution is 5.99. The average molecular weight is 565 g/mol. The summed E-state index contributed by atoms with van der Waals surface area (Å²) in [6.07, 6.45) is 12.6. The number of alkyl halides is 1. The van der Waals surface area contributed by atoms with Gasteiger partial charge in [-0.15, -0.1) is 0 Å². The molecule has 0 saturated carbocycles. The van der Waals surface area contributed by atoms with Crippen LogP contribution in [-0.2, 0) is 20.8 Å². The van der Waals surface area contributed by atoms with Crippen molar-refractivity contribution in [3.8, 4) is 0 Å². The highest BCUT2D eigenvalue weighted by atomic mass is 19.1. The van der Waals surface area contributed by atoms with Gasteiger partial charge in [0.2, 0.25) is 0 Å². The minimum Gasteiger partial charge on any atom is -0.500 e. The van der Waals surface area contributed by atoms with Crippen molar-refractivity contribution in [1.82, 2.24) is 10.2 Å². The maximum Gasteiger partial charge on any atom is 0.255 e. The number of benzene rings is 1. The fraction of sp³-hybridized carbons (Fsp3) is 0.500. The lowest BCUT2D eigenvalue weighted by Gasteiger charge is -2.41. The maximum atomic E-state index is 14.6. The lowest BCUT2D eigenvalue weighted by molar-refractivity contribution is -0.0652. The first-order valence-electron chi connectivity index (χ1n) is 14.8. The van der Waals surface area contributed by atoms with E-state index in [2.05, 4.69) is 48.8 Å². The van der Waals surface area contributed by atoms with E-state index in [1.54, 1.807) is 7.11 Å². The molecule has 5 unspecified atom stereocenters. The summed E-state index contributed by atoms with van der Waals surface area (Å²) >= 11 is 0. The highest BCUT2D eigenvalue weighted by Crippen LogP contribution is 2.39. The molecule has 3 aliphatic rings. The van der Waals surface area contributed by atoms with E-state index in [0.29, 0.717) is 62.0 Å². The monoisotopic (exact) mass is 564 g/mol. The van der Waals surface area contributed by atoms with Crippen molar-refractivity contribution in [1.29, 1.82) is 0 Å². The first-order chi connectivity index (χ1) is 19.8. The molecule has 0 radical (unpaired) electrons. The van der Waals surface area contributed by atoms with Crippen molar-refractivity contribution in [3.63, 3.8) is 0 Å². The first kappa shape index (κ1) is 30.6. The molecule has 7 heteroatoms. The first-order valence-corrected chi connectivity index (χ1v) is 14.8. The van der Waals surface area contributed by atoms with E-state index in [9.17, 15) is 9.18 Å². The van der Waals surface area contributed by atoms with E-state index >= 15 is 0 Å². The van der Waals surface area contributed by atoms with Crippen LogP contribution >= 0.6 is 0 Å². The van der Waals surface area contributed by atoms with Gasteiger partial charge in [-0.1, -0.05) is 69.9 Å². The van der Waals surface area contributed by atoms with Gasteiger partial charge >= 0.3 is 0 Å². The van der Waals surface area contributed by atoms with Crippen molar-refractivity contribution in [2.45, 2.75) is 70.7 Å². The summed E-state index contributed by atoms with van der Waals surface area (Å²) < 4.78 is 31.8. The molecule has 0 spiro atoms. The molecule has 1 aromatic rings. The van der Waals surface area contributed by atoms with Gasteiger partial charge in [0, 0.05) is 48.7 Å². The van der Waals surface area contributed by atoms with Gasteiger partial charge in [0.25, 0.3) is 5.91 Å². The Morgan fingerprint density at radius 3 is 2.71 bits per heavy atom. The molecule has 0 saturated heterocycles. The van der Waals surface area contributed by atoms with Crippen molar-refractivity contribution in [2.24, 2.45) is 11.8 Å². The number of ether oxygens (including phenoxy) is 3. The molecule has 0 aromatic heterocycles. The number of fused-ring (bicyclic) bond motifs is 2. The Hall–Kier alpha value is -3.32. The van der Waals surface area contributed by atoms with Gasteiger partial charge in [-0.2, -0.15) is 0 Å². The summed E-state index contributed by atoms with van der Waals surface area (Å²) in [6.45, 7) is 15.3. The Kier molecular flexibility index (Phi) is 10.1. The van der Waals surface area contributed by atoms with Crippen molar-refractivity contribution in [3.05, 3.63) is 90.1 Å². The molecule has 1 N–H and O–H groups in total. The average Bonchev–Trinajstić information content (AvgIpc) is 3.31. The van der Waals surface area contributed by atoms with Crippen LogP contribution < -0.4 is 5.32 Å². The third kappa shape index (κ3) is 6.30. The normalized spacial score (nSPS) is 22.1. The Morgan fingerprint density at radius 1 is 1.24 bits per heavy atom. The lowest BCUT2D eigenvalue weighted by Crippen LogP contribution is -2.55. The minimum atomic E-state index is -1.07. The summed E-state index contributed by atoms with van der Waals surface area (Å²) in [6, 6.07) is 5.38. The number of amides is 1. The van der Waals surface area contributed by atoms with Gasteiger partial charge in [0.05, 0.1) is 37.3 Å². The number of carbonyl (C=O) groups is 1. The summed E-state index contributed by atoms with van der Waals surface area (Å²) in [5.41, 5.74) is 3.36. The minimum absolute atomic E-state index is 0.0306. The van der Waals surface area contributed by atoms with Crippen LogP contribution in [0.4, 0.5) is 4.39 Å². The molecule has 0 fully saturated rings. The quantitative estimate of drug-likeness (QED) is 0.240. The fourth-order valence-corrected chi connectivity index (χ4v) is 6.38. The van der Waals surface area contributed by atoms with E-state index in [-0.39, 0.29) is 17.9 Å². The molecule has 2 aliphatic heterocycles. The molecule has 4 rings (SSSR count). The van der Waals surface area contributed by atoms with Crippen LogP contribution in [0.15, 0.2) is 73.4 Å². The van der Waals surface area contributed by atoms with E-state index in [1.165, 1.54) is 0 Å². The predicted molar refractivity (Wildman–Crippen MR) is 162 cm³/mol. The summed E-state index contributed by atoms with van der Waals surface area (Å²) in [7, 11) is 1.54. The summed E-state index contributed by atoms with van der Waals surface area (Å²) in [5.74, 6) is 1.05. The van der Waals surface area contributed by atoms with Gasteiger partial charge in [0.1, 0.15) is 12.3 Å². The molecule has 0 bridgehead atoms. The molecule has 2 heterocycles. The largest absolute Gasteiger partial charge is 0.500 e. The molecule has 41 heavy (non-hydrogen) atoms. The maximum absolute atomic E-state index is 14.6. The number of halogens is 1. The van der Waals surface area contributed by atoms with E-state index < -0.39 is 18.3 Å². The molecule has 222 valence electrons. The van der Waals surface area contributed by atoms with E-state index in [4.69, 9.17) is 14.2 Å². The Morgan fingerprint density at radius 2 is 2.02 bits per heavy atom. The molecule has 1 amide bonds. The van der Waals surface area contributed by atoms with Crippen LogP contribution in [0.5, 0.6) is 0 Å². The van der Waals surface area contributed by atoms with Crippen LogP contribution in [-0.4, -0.2) is 55.5 Å². The van der Waals surface area contributed by atoms with Gasteiger partial charge in [-0.25, -0.2) is 4.39 Å². The Balaban J connectivity index is 1.55. The number of allylic oxidation sites excluding steroid dienone is 4. The molecular formula is C34H45FN2O4. The number of methoxy groups -OCH3 is 1. The predicted octanol–water partition coefficient (Wildman–Crippen LogP) is 6.72. The number of rotatable bonds is 15. The van der Waals surface area contributed by atoms with Crippen LogP contribution in [0, 0.1) is 11.8 Å². The topological polar surface area (TPSA) is 60.0 Å². The SMILES string of the molecule is C=C(CC(NC(=C)C(CC)N1Cc2ccc(C3=COCC4C=CC=CC34)cc2C1=O)C(CF)(CCC)OC)OCC. The van der Waals surface area contributed by atoms with Gasteiger partial charge in [0.15, 0.2) is 0 Å². The number of carbonyl (C=O) groups excluding carboxylic acids is 1. The second-order valence-electron chi connectivity index (χ2n) is 11.1. The van der Waals surface area contributed by atoms with Gasteiger partial charge in [-0.05, 0) is 37.0 Å². The molecule has 1 aliphatic carbocycles. The third-order valence-corrected chi connectivity index (χ3v) is 8.63. The van der Waals surface area contributed by atoms with Crippen LogP contribution in [0.3, 0.4) is 0 Å².